The Hall–Kier alpha value is -8.58. The van der Waals surface area contributed by atoms with Gasteiger partial charge < -0.3 is 0 Å². The summed E-state index contributed by atoms with van der Waals surface area (Å²) < 4.78 is 0. The Morgan fingerprint density at radius 3 is 1.08 bits per heavy atom. The molecule has 0 unspecified atom stereocenters. The zero-order valence-corrected chi connectivity index (χ0v) is 43.0. The van der Waals surface area contributed by atoms with Crippen molar-refractivity contribution in [3.05, 3.63) is 309 Å². The van der Waals surface area contributed by atoms with Crippen LogP contribution in [-0.4, -0.2) is 0 Å². The van der Waals surface area contributed by atoms with E-state index in [0.717, 1.165) is 0 Å². The minimum atomic E-state index is -0.696. The Balaban J connectivity index is 1.02. The zero-order chi connectivity index (χ0) is 50.2. The van der Waals surface area contributed by atoms with Gasteiger partial charge in [0.25, 0.3) is 0 Å². The van der Waals surface area contributed by atoms with Gasteiger partial charge in [0.05, 0.1) is 10.8 Å². The second-order valence-electron chi connectivity index (χ2n) is 23.0. The summed E-state index contributed by atoms with van der Waals surface area (Å²) >= 11 is 0. The topological polar surface area (TPSA) is 0 Å². The van der Waals surface area contributed by atoms with Crippen molar-refractivity contribution in [1.82, 2.24) is 0 Å². The minimum absolute atomic E-state index is 0.107. The molecule has 0 aromatic heterocycles. The van der Waals surface area contributed by atoms with E-state index in [1.54, 1.807) is 0 Å². The Morgan fingerprint density at radius 2 is 0.573 bits per heavy atom. The lowest BCUT2D eigenvalue weighted by atomic mass is 9.66. The summed E-state index contributed by atoms with van der Waals surface area (Å²) in [7, 11) is 0. The predicted molar refractivity (Wildman–Crippen MR) is 311 cm³/mol. The van der Waals surface area contributed by atoms with Crippen LogP contribution < -0.4 is 0 Å². The molecule has 0 saturated carbocycles. The predicted octanol–water partition coefficient (Wildman–Crippen LogP) is 18.6. The molecule has 0 amide bonds. The van der Waals surface area contributed by atoms with Crippen LogP contribution in [0.4, 0.5) is 0 Å². The Labute approximate surface area is 440 Å². The first-order valence-electron chi connectivity index (χ1n) is 26.9. The molecule has 0 heteroatoms. The highest BCUT2D eigenvalue weighted by Crippen LogP contribution is 2.68. The van der Waals surface area contributed by atoms with E-state index in [1.165, 1.54) is 150 Å². The van der Waals surface area contributed by atoms with E-state index in [4.69, 9.17) is 0 Å². The fourth-order valence-corrected chi connectivity index (χ4v) is 15.8. The molecule has 0 fully saturated rings. The first-order chi connectivity index (χ1) is 36.7. The van der Waals surface area contributed by atoms with Crippen LogP contribution in [-0.2, 0) is 21.7 Å². The van der Waals surface area contributed by atoms with Crippen molar-refractivity contribution < 1.29 is 0 Å². The Bertz CT molecular complexity index is 4120. The van der Waals surface area contributed by atoms with Crippen LogP contribution in [0.1, 0.15) is 100 Å². The molecule has 5 aliphatic carbocycles. The molecule has 16 rings (SSSR count). The molecule has 0 aliphatic heterocycles. The van der Waals surface area contributed by atoms with Crippen molar-refractivity contribution >= 4 is 0 Å². The van der Waals surface area contributed by atoms with Gasteiger partial charge in [-0.1, -0.05) is 252 Å². The third kappa shape index (κ3) is 5.18. The van der Waals surface area contributed by atoms with E-state index in [-0.39, 0.29) is 10.8 Å². The SMILES string of the molecule is Cc1cccc2c1-c1c(ccc3c1-c1ccccc1C31c3ccccc3-c3ccccc31)C2(c1cccc(-c2cccc3c2-c2ccccc2C3(C)C)c1)c1cccc(-c2cccc3c2-c2ccccc2C3(C)C)c1. The summed E-state index contributed by atoms with van der Waals surface area (Å²) in [5.74, 6) is 0. The van der Waals surface area contributed by atoms with Gasteiger partial charge >= 0.3 is 0 Å². The van der Waals surface area contributed by atoms with Crippen LogP contribution in [0, 0.1) is 6.92 Å². The fraction of sp³-hybridized carbons (Fsp3) is 0.120. The van der Waals surface area contributed by atoms with E-state index < -0.39 is 10.8 Å². The number of hydrogen-bond acceptors (Lipinski definition) is 0. The lowest BCUT2D eigenvalue weighted by molar-refractivity contribution is 0.660. The van der Waals surface area contributed by atoms with Crippen LogP contribution in [0.25, 0.3) is 77.9 Å². The van der Waals surface area contributed by atoms with E-state index in [9.17, 15) is 0 Å². The largest absolute Gasteiger partial charge is 0.0725 e. The molecular formula is C75H54. The van der Waals surface area contributed by atoms with Gasteiger partial charge in [-0.2, -0.15) is 0 Å². The molecule has 0 heterocycles. The molecule has 0 radical (unpaired) electrons. The summed E-state index contributed by atoms with van der Waals surface area (Å²) in [5.41, 5.74) is 34.6. The molecule has 0 saturated heterocycles. The lowest BCUT2D eigenvalue weighted by Gasteiger charge is -2.35. The normalized spacial score (nSPS) is 16.0. The van der Waals surface area contributed by atoms with Crippen molar-refractivity contribution in [3.8, 4) is 77.9 Å². The average Bonchev–Trinajstić information content (AvgIpc) is 4.35. The molecule has 0 atom stereocenters. The molecule has 11 aromatic rings. The van der Waals surface area contributed by atoms with Gasteiger partial charge in [-0.05, 0) is 169 Å². The van der Waals surface area contributed by atoms with Crippen LogP contribution >= 0.6 is 0 Å². The smallest absolute Gasteiger partial charge is 0.0619 e. The van der Waals surface area contributed by atoms with Crippen LogP contribution in [0.3, 0.4) is 0 Å². The highest BCUT2D eigenvalue weighted by molar-refractivity contribution is 6.05. The summed E-state index contributed by atoms with van der Waals surface area (Å²) in [6.45, 7) is 11.9. The number of benzene rings is 11. The molecule has 354 valence electrons. The summed E-state index contributed by atoms with van der Waals surface area (Å²) in [6, 6.07) is 91.5. The maximum atomic E-state index is 2.56. The monoisotopic (exact) mass is 954 g/mol. The van der Waals surface area contributed by atoms with Crippen molar-refractivity contribution in [1.29, 1.82) is 0 Å². The zero-order valence-electron chi connectivity index (χ0n) is 43.0. The summed E-state index contributed by atoms with van der Waals surface area (Å²) in [5, 5.41) is 0. The first kappa shape index (κ1) is 42.9. The van der Waals surface area contributed by atoms with E-state index in [2.05, 4.69) is 271 Å². The van der Waals surface area contributed by atoms with Crippen LogP contribution in [0.15, 0.2) is 237 Å². The second-order valence-corrected chi connectivity index (χ2v) is 23.0. The maximum Gasteiger partial charge on any atom is 0.0725 e. The van der Waals surface area contributed by atoms with Crippen molar-refractivity contribution in [2.24, 2.45) is 0 Å². The molecule has 11 aromatic carbocycles. The molecule has 0 bridgehead atoms. The van der Waals surface area contributed by atoms with E-state index >= 15 is 0 Å². The molecule has 75 heavy (non-hydrogen) atoms. The van der Waals surface area contributed by atoms with Gasteiger partial charge in [0.15, 0.2) is 0 Å². The van der Waals surface area contributed by atoms with Gasteiger partial charge in [0.1, 0.15) is 0 Å². The van der Waals surface area contributed by atoms with E-state index in [0.29, 0.717) is 0 Å². The second kappa shape index (κ2) is 14.8. The summed E-state index contributed by atoms with van der Waals surface area (Å²) in [6.07, 6.45) is 0. The highest BCUT2D eigenvalue weighted by Gasteiger charge is 2.56. The number of hydrogen-bond donors (Lipinski definition) is 0. The first-order valence-corrected chi connectivity index (χ1v) is 26.9. The van der Waals surface area contributed by atoms with E-state index in [1.807, 2.05) is 0 Å². The number of aryl methyl sites for hydroxylation is 1. The molecule has 5 aliphatic rings. The number of fused-ring (bicyclic) bond motifs is 20. The van der Waals surface area contributed by atoms with Gasteiger partial charge in [0, 0.05) is 10.8 Å². The molecular weight excluding hydrogens is 901 g/mol. The quantitative estimate of drug-likeness (QED) is 0.165. The van der Waals surface area contributed by atoms with Gasteiger partial charge in [-0.3, -0.25) is 0 Å². The lowest BCUT2D eigenvalue weighted by Crippen LogP contribution is -2.29. The maximum absolute atomic E-state index is 2.56. The molecule has 0 N–H and O–H groups in total. The molecule has 1 spiro atoms. The van der Waals surface area contributed by atoms with Crippen molar-refractivity contribution in [2.45, 2.75) is 56.3 Å². The Kier molecular flexibility index (Phi) is 8.46. The standard InChI is InChI=1S/C75H54/c1-45-21-16-40-64-67(45)71-66(42-41-65-70(71)56-30-10-15-37-61(56)75(65)59-35-13-6-26-52(59)53-27-7-14-36-60(53)75)74(64,48-24-17-22-46(43-48)50-31-19-38-62-68(50)54-28-8-11-33-57(54)72(62,2)3)49-25-18-23-47(44-49)51-32-20-39-63-69(51)55-29-9-12-34-58(55)73(63,4)5/h6-44H,1-5H3. The van der Waals surface area contributed by atoms with Gasteiger partial charge in [0.2, 0.25) is 0 Å². The molecule has 0 nitrogen and oxygen atoms in total. The van der Waals surface area contributed by atoms with Crippen LogP contribution in [0.5, 0.6) is 0 Å². The van der Waals surface area contributed by atoms with Gasteiger partial charge in [-0.25, -0.2) is 0 Å². The highest BCUT2D eigenvalue weighted by atomic mass is 14.6. The van der Waals surface area contributed by atoms with Crippen LogP contribution in [0.2, 0.25) is 0 Å². The average molecular weight is 955 g/mol. The van der Waals surface area contributed by atoms with Crippen molar-refractivity contribution in [3.63, 3.8) is 0 Å². The number of rotatable bonds is 4. The third-order valence-corrected chi connectivity index (χ3v) is 18.9. The fourth-order valence-electron chi connectivity index (χ4n) is 15.8. The van der Waals surface area contributed by atoms with Crippen molar-refractivity contribution in [2.75, 3.05) is 0 Å². The third-order valence-electron chi connectivity index (χ3n) is 18.9. The Morgan fingerprint density at radius 1 is 0.227 bits per heavy atom. The van der Waals surface area contributed by atoms with Gasteiger partial charge in [-0.15, -0.1) is 0 Å². The summed E-state index contributed by atoms with van der Waals surface area (Å²) in [4.78, 5) is 0. The minimum Gasteiger partial charge on any atom is -0.0619 e.